The summed E-state index contributed by atoms with van der Waals surface area (Å²) in [5, 5.41) is 13.7. The minimum atomic E-state index is -4.68. The summed E-state index contributed by atoms with van der Waals surface area (Å²) in [5.41, 5.74) is -0.430. The van der Waals surface area contributed by atoms with E-state index >= 15 is 0 Å². The smallest absolute Gasteiger partial charge is 0.380 e. The predicted octanol–water partition coefficient (Wildman–Crippen LogP) is 4.49. The van der Waals surface area contributed by atoms with Crippen molar-refractivity contribution in [3.63, 3.8) is 0 Å². The first kappa shape index (κ1) is 20.7. The van der Waals surface area contributed by atoms with E-state index in [4.69, 9.17) is 4.74 Å². The number of rotatable bonds is 7. The fraction of sp³-hybridized carbons (Fsp3) is 0.235. The molecule has 0 aromatic heterocycles. The SMILES string of the molecule is COCc1cccc(NC(=O)CSc2ccc(C(F)(F)F)cc2[N+](=O)[O-])c1. The Morgan fingerprint density at radius 3 is 2.63 bits per heavy atom. The molecule has 0 saturated carbocycles. The van der Waals surface area contributed by atoms with Crippen LogP contribution in [0.3, 0.4) is 0 Å². The molecule has 2 rings (SSSR count). The minimum absolute atomic E-state index is 0.0173. The van der Waals surface area contributed by atoms with Gasteiger partial charge in [0.2, 0.25) is 5.91 Å². The second-order valence-corrected chi connectivity index (χ2v) is 6.42. The van der Waals surface area contributed by atoms with Gasteiger partial charge in [0, 0.05) is 18.9 Å². The molecule has 0 bridgehead atoms. The number of halogens is 3. The molecule has 27 heavy (non-hydrogen) atoms. The number of nitrogens with one attached hydrogen (secondary N) is 1. The number of hydrogen-bond acceptors (Lipinski definition) is 5. The normalized spacial score (nSPS) is 11.3. The number of carbonyl (C=O) groups excluding carboxylic acids is 1. The fourth-order valence-electron chi connectivity index (χ4n) is 2.20. The quantitative estimate of drug-likeness (QED) is 0.421. The lowest BCUT2D eigenvalue weighted by molar-refractivity contribution is -0.388. The number of nitro groups is 1. The molecule has 0 unspecified atom stereocenters. The summed E-state index contributed by atoms with van der Waals surface area (Å²) >= 11 is 0.791. The van der Waals surface area contributed by atoms with E-state index in [9.17, 15) is 28.1 Å². The molecule has 0 atom stereocenters. The molecule has 1 N–H and O–H groups in total. The van der Waals surface area contributed by atoms with Gasteiger partial charge in [-0.2, -0.15) is 13.2 Å². The highest BCUT2D eigenvalue weighted by Crippen LogP contribution is 2.36. The summed E-state index contributed by atoms with van der Waals surface area (Å²) in [5.74, 6) is -0.635. The third-order valence-corrected chi connectivity index (χ3v) is 4.43. The molecule has 0 heterocycles. The van der Waals surface area contributed by atoms with Crippen molar-refractivity contribution in [1.82, 2.24) is 0 Å². The summed E-state index contributed by atoms with van der Waals surface area (Å²) < 4.78 is 43.1. The van der Waals surface area contributed by atoms with Crippen molar-refractivity contribution in [3.8, 4) is 0 Å². The van der Waals surface area contributed by atoms with Crippen molar-refractivity contribution < 1.29 is 27.6 Å². The Labute approximate surface area is 156 Å². The first-order valence-electron chi connectivity index (χ1n) is 7.57. The molecule has 0 spiro atoms. The predicted molar refractivity (Wildman–Crippen MR) is 94.6 cm³/mol. The van der Waals surface area contributed by atoms with E-state index in [-0.39, 0.29) is 10.6 Å². The number of thioether (sulfide) groups is 1. The van der Waals surface area contributed by atoms with Crippen molar-refractivity contribution in [1.29, 1.82) is 0 Å². The molecule has 10 heteroatoms. The van der Waals surface area contributed by atoms with E-state index in [0.29, 0.717) is 18.4 Å². The van der Waals surface area contributed by atoms with Crippen LogP contribution in [0.25, 0.3) is 0 Å². The zero-order chi connectivity index (χ0) is 20.0. The molecule has 0 aliphatic heterocycles. The fourth-order valence-corrected chi connectivity index (χ4v) is 3.01. The van der Waals surface area contributed by atoms with Crippen LogP contribution in [0.5, 0.6) is 0 Å². The van der Waals surface area contributed by atoms with Gasteiger partial charge in [0.1, 0.15) is 0 Å². The summed E-state index contributed by atoms with van der Waals surface area (Å²) in [6.45, 7) is 0.371. The zero-order valence-corrected chi connectivity index (χ0v) is 14.9. The van der Waals surface area contributed by atoms with Crippen molar-refractivity contribution in [2.75, 3.05) is 18.2 Å². The van der Waals surface area contributed by atoms with E-state index in [0.717, 1.165) is 29.5 Å². The van der Waals surface area contributed by atoms with Gasteiger partial charge in [0.15, 0.2) is 0 Å². The van der Waals surface area contributed by atoms with Gasteiger partial charge < -0.3 is 10.1 Å². The van der Waals surface area contributed by atoms with Gasteiger partial charge >= 0.3 is 6.18 Å². The van der Waals surface area contributed by atoms with E-state index in [2.05, 4.69) is 5.32 Å². The lowest BCUT2D eigenvalue weighted by atomic mass is 10.2. The number of amides is 1. The lowest BCUT2D eigenvalue weighted by Gasteiger charge is -2.09. The van der Waals surface area contributed by atoms with Crippen molar-refractivity contribution in [2.24, 2.45) is 0 Å². The molecule has 0 saturated heterocycles. The van der Waals surface area contributed by atoms with E-state index in [1.54, 1.807) is 25.3 Å². The van der Waals surface area contributed by atoms with Crippen LogP contribution in [0.2, 0.25) is 0 Å². The molecular weight excluding hydrogens is 385 g/mol. The Balaban J connectivity index is 2.06. The van der Waals surface area contributed by atoms with Gasteiger partial charge in [-0.1, -0.05) is 12.1 Å². The molecule has 0 aliphatic carbocycles. The van der Waals surface area contributed by atoms with Crippen molar-refractivity contribution >= 4 is 29.0 Å². The van der Waals surface area contributed by atoms with Crippen molar-refractivity contribution in [3.05, 3.63) is 63.7 Å². The average molecular weight is 400 g/mol. The van der Waals surface area contributed by atoms with Crippen LogP contribution in [-0.2, 0) is 22.3 Å². The molecule has 2 aromatic carbocycles. The Morgan fingerprint density at radius 2 is 2.00 bits per heavy atom. The third kappa shape index (κ3) is 5.97. The second-order valence-electron chi connectivity index (χ2n) is 5.41. The van der Waals surface area contributed by atoms with Gasteiger partial charge in [0.05, 0.1) is 27.7 Å². The first-order chi connectivity index (χ1) is 12.7. The number of ether oxygens (including phenoxy) is 1. The zero-order valence-electron chi connectivity index (χ0n) is 14.1. The molecule has 0 aliphatic rings. The van der Waals surface area contributed by atoms with Crippen LogP contribution in [-0.4, -0.2) is 23.7 Å². The van der Waals surface area contributed by atoms with Crippen LogP contribution >= 0.6 is 11.8 Å². The summed E-state index contributed by atoms with van der Waals surface area (Å²) in [4.78, 5) is 22.2. The number of nitrogens with zero attached hydrogens (tertiary/aromatic N) is 1. The number of anilines is 1. The molecule has 0 radical (unpaired) electrons. The van der Waals surface area contributed by atoms with Gasteiger partial charge in [-0.15, -0.1) is 11.8 Å². The third-order valence-electron chi connectivity index (χ3n) is 3.36. The molecular formula is C17H15F3N2O4S. The number of carbonyl (C=O) groups is 1. The Bertz CT molecular complexity index is 843. The largest absolute Gasteiger partial charge is 0.416 e. The Hall–Kier alpha value is -2.59. The number of hydrogen-bond donors (Lipinski definition) is 1. The van der Waals surface area contributed by atoms with E-state index in [1.807, 2.05) is 6.07 Å². The Morgan fingerprint density at radius 1 is 1.26 bits per heavy atom. The lowest BCUT2D eigenvalue weighted by Crippen LogP contribution is -2.14. The van der Waals surface area contributed by atoms with Crippen LogP contribution in [0, 0.1) is 10.1 Å². The summed E-state index contributed by atoms with van der Waals surface area (Å²) in [6.07, 6.45) is -4.68. The molecule has 0 fully saturated rings. The average Bonchev–Trinajstić information content (AvgIpc) is 2.59. The summed E-state index contributed by atoms with van der Waals surface area (Å²) in [6, 6.07) is 9.15. The number of nitro benzene ring substituents is 1. The molecule has 144 valence electrons. The highest BCUT2D eigenvalue weighted by atomic mass is 32.2. The topological polar surface area (TPSA) is 81.5 Å². The highest BCUT2D eigenvalue weighted by Gasteiger charge is 2.33. The van der Waals surface area contributed by atoms with Gasteiger partial charge in [-0.3, -0.25) is 14.9 Å². The summed E-state index contributed by atoms with van der Waals surface area (Å²) in [7, 11) is 1.54. The molecule has 1 amide bonds. The molecule has 2 aromatic rings. The number of methoxy groups -OCH3 is 1. The Kier molecular flexibility index (Phi) is 6.81. The minimum Gasteiger partial charge on any atom is -0.380 e. The van der Waals surface area contributed by atoms with Crippen LogP contribution < -0.4 is 5.32 Å². The van der Waals surface area contributed by atoms with E-state index in [1.165, 1.54) is 0 Å². The maximum absolute atomic E-state index is 12.7. The monoisotopic (exact) mass is 400 g/mol. The second kappa shape index (κ2) is 8.87. The van der Waals surface area contributed by atoms with Crippen LogP contribution in [0.4, 0.5) is 24.5 Å². The molecule has 6 nitrogen and oxygen atoms in total. The van der Waals surface area contributed by atoms with Crippen LogP contribution in [0.15, 0.2) is 47.4 Å². The van der Waals surface area contributed by atoms with Gasteiger partial charge in [-0.25, -0.2) is 0 Å². The number of benzene rings is 2. The van der Waals surface area contributed by atoms with Crippen LogP contribution in [0.1, 0.15) is 11.1 Å². The standard InChI is InChI=1S/C17H15F3N2O4S/c1-26-9-11-3-2-4-13(7-11)21-16(23)10-27-15-6-5-12(17(18,19)20)8-14(15)22(24)25/h2-8H,9-10H2,1H3,(H,21,23). The van der Waals surface area contributed by atoms with E-state index < -0.39 is 28.3 Å². The number of alkyl halides is 3. The highest BCUT2D eigenvalue weighted by molar-refractivity contribution is 8.00. The van der Waals surface area contributed by atoms with Crippen molar-refractivity contribution in [2.45, 2.75) is 17.7 Å². The maximum atomic E-state index is 12.7. The van der Waals surface area contributed by atoms with Gasteiger partial charge in [0.25, 0.3) is 5.69 Å². The van der Waals surface area contributed by atoms with Gasteiger partial charge in [-0.05, 0) is 29.8 Å². The first-order valence-corrected chi connectivity index (χ1v) is 8.55. The maximum Gasteiger partial charge on any atom is 0.416 e.